The molecule has 0 unspecified atom stereocenters. The number of thiazole rings is 1. The Morgan fingerprint density at radius 3 is 2.15 bits per heavy atom. The fraction of sp³-hybridized carbons (Fsp3) is 0.389. The number of hydrogen-bond donors (Lipinski definition) is 2. The summed E-state index contributed by atoms with van der Waals surface area (Å²) in [4.78, 5) is 29.3. The van der Waals surface area contributed by atoms with Crippen LogP contribution in [0.2, 0.25) is 0 Å². The van der Waals surface area contributed by atoms with Gasteiger partial charge in [0.2, 0.25) is 11.7 Å². The fourth-order valence-electron chi connectivity index (χ4n) is 2.44. The van der Waals surface area contributed by atoms with Crippen LogP contribution in [0.25, 0.3) is 0 Å². The highest BCUT2D eigenvalue weighted by atomic mass is 32.1. The van der Waals surface area contributed by atoms with Gasteiger partial charge in [-0.05, 0) is 18.1 Å². The zero-order valence-corrected chi connectivity index (χ0v) is 16.7. The van der Waals surface area contributed by atoms with E-state index in [1.165, 1.54) is 44.8 Å². The second-order valence-corrected chi connectivity index (χ2v) is 6.83. The maximum atomic E-state index is 12.7. The first kappa shape index (κ1) is 20.5. The van der Waals surface area contributed by atoms with Gasteiger partial charge in [0.1, 0.15) is 6.04 Å². The maximum Gasteiger partial charge on any atom is 0.252 e. The molecule has 0 aliphatic rings. The van der Waals surface area contributed by atoms with Gasteiger partial charge >= 0.3 is 0 Å². The summed E-state index contributed by atoms with van der Waals surface area (Å²) < 4.78 is 15.8. The Balaban J connectivity index is 2.23. The van der Waals surface area contributed by atoms with Crippen molar-refractivity contribution >= 4 is 28.3 Å². The Kier molecular flexibility index (Phi) is 7.00. The summed E-state index contributed by atoms with van der Waals surface area (Å²) in [7, 11) is 4.42. The maximum absolute atomic E-state index is 12.7. The molecule has 1 heterocycles. The normalized spacial score (nSPS) is 11.6. The number of carbonyl (C=O) groups is 2. The number of ether oxygens (including phenoxy) is 3. The van der Waals surface area contributed by atoms with E-state index in [1.54, 1.807) is 11.6 Å². The number of aromatic nitrogens is 1. The van der Waals surface area contributed by atoms with Crippen molar-refractivity contribution in [3.05, 3.63) is 29.3 Å². The Bertz CT molecular complexity index is 767. The van der Waals surface area contributed by atoms with Crippen molar-refractivity contribution in [1.29, 1.82) is 0 Å². The van der Waals surface area contributed by atoms with Gasteiger partial charge in [-0.1, -0.05) is 13.8 Å². The Hall–Kier alpha value is -2.81. The molecule has 27 heavy (non-hydrogen) atoms. The highest BCUT2D eigenvalue weighted by Gasteiger charge is 2.26. The van der Waals surface area contributed by atoms with Crippen LogP contribution in [0.3, 0.4) is 0 Å². The third kappa shape index (κ3) is 4.88. The third-order valence-corrected chi connectivity index (χ3v) is 4.51. The van der Waals surface area contributed by atoms with E-state index in [2.05, 4.69) is 15.6 Å². The largest absolute Gasteiger partial charge is 0.493 e. The Labute approximate surface area is 161 Å². The lowest BCUT2D eigenvalue weighted by molar-refractivity contribution is -0.118. The number of anilines is 1. The number of methoxy groups -OCH3 is 3. The number of benzene rings is 1. The fourth-order valence-corrected chi connectivity index (χ4v) is 2.97. The highest BCUT2D eigenvalue weighted by molar-refractivity contribution is 7.13. The molecule has 9 heteroatoms. The number of nitrogens with one attached hydrogen (secondary N) is 2. The zero-order chi connectivity index (χ0) is 20.0. The molecule has 2 rings (SSSR count). The van der Waals surface area contributed by atoms with Crippen molar-refractivity contribution in [2.75, 3.05) is 26.6 Å². The number of carbonyl (C=O) groups excluding carboxylic acids is 2. The van der Waals surface area contributed by atoms with Crippen LogP contribution in [0, 0.1) is 5.92 Å². The molecular formula is C18H23N3O5S. The van der Waals surface area contributed by atoms with E-state index < -0.39 is 11.9 Å². The second kappa shape index (κ2) is 9.22. The summed E-state index contributed by atoms with van der Waals surface area (Å²) in [5.74, 6) is 0.211. The minimum atomic E-state index is -0.736. The van der Waals surface area contributed by atoms with Gasteiger partial charge in [-0.3, -0.25) is 9.59 Å². The molecule has 2 amide bonds. The Morgan fingerprint density at radius 1 is 1.07 bits per heavy atom. The molecule has 0 fully saturated rings. The van der Waals surface area contributed by atoms with Crippen LogP contribution in [-0.4, -0.2) is 44.2 Å². The molecule has 0 aliphatic carbocycles. The average Bonchev–Trinajstić information content (AvgIpc) is 3.16. The highest BCUT2D eigenvalue weighted by Crippen LogP contribution is 2.38. The van der Waals surface area contributed by atoms with Crippen LogP contribution in [0.4, 0.5) is 5.13 Å². The molecule has 2 N–H and O–H groups in total. The van der Waals surface area contributed by atoms with Gasteiger partial charge in [0.05, 0.1) is 21.3 Å². The molecule has 0 saturated heterocycles. The van der Waals surface area contributed by atoms with Gasteiger partial charge in [-0.15, -0.1) is 11.3 Å². The van der Waals surface area contributed by atoms with Gasteiger partial charge < -0.3 is 24.8 Å². The predicted octanol–water partition coefficient (Wildman–Crippen LogP) is 2.56. The summed E-state index contributed by atoms with van der Waals surface area (Å²) in [6.07, 6.45) is 1.60. The zero-order valence-electron chi connectivity index (χ0n) is 15.9. The molecule has 146 valence electrons. The smallest absolute Gasteiger partial charge is 0.252 e. The van der Waals surface area contributed by atoms with Crippen LogP contribution in [0.1, 0.15) is 24.2 Å². The lowest BCUT2D eigenvalue weighted by atomic mass is 10.0. The lowest BCUT2D eigenvalue weighted by Gasteiger charge is -2.21. The van der Waals surface area contributed by atoms with Crippen molar-refractivity contribution < 1.29 is 23.8 Å². The quantitative estimate of drug-likeness (QED) is 0.715. The number of hydrogen-bond acceptors (Lipinski definition) is 7. The van der Waals surface area contributed by atoms with E-state index >= 15 is 0 Å². The standard InChI is InChI=1S/C18H23N3O5S/c1-10(2)14(17(23)21-18-19-6-7-27-18)20-16(22)11-8-12(24-3)15(26-5)13(9-11)25-4/h6-10,14H,1-5H3,(H,20,22)(H,19,21,23)/t14-/m0/s1. The lowest BCUT2D eigenvalue weighted by Crippen LogP contribution is -2.47. The summed E-state index contributed by atoms with van der Waals surface area (Å²) in [5, 5.41) is 7.70. The van der Waals surface area contributed by atoms with Crippen molar-refractivity contribution in [3.8, 4) is 17.2 Å². The SMILES string of the molecule is COc1cc(C(=O)N[C@H](C(=O)Nc2nccs2)C(C)C)cc(OC)c1OC. The number of nitrogens with zero attached hydrogens (tertiary/aromatic N) is 1. The van der Waals surface area contributed by atoms with Crippen LogP contribution in [-0.2, 0) is 4.79 Å². The van der Waals surface area contributed by atoms with Crippen molar-refractivity contribution in [3.63, 3.8) is 0 Å². The monoisotopic (exact) mass is 393 g/mol. The topological polar surface area (TPSA) is 98.8 Å². The van der Waals surface area contributed by atoms with Gasteiger partial charge in [-0.25, -0.2) is 4.98 Å². The minimum Gasteiger partial charge on any atom is -0.493 e. The van der Waals surface area contributed by atoms with Gasteiger partial charge in [-0.2, -0.15) is 0 Å². The first-order chi connectivity index (χ1) is 12.9. The van der Waals surface area contributed by atoms with E-state index in [1.807, 2.05) is 13.8 Å². The molecule has 1 atom stereocenters. The first-order valence-electron chi connectivity index (χ1n) is 8.22. The van der Waals surface area contributed by atoms with Gasteiger partial charge in [0.25, 0.3) is 5.91 Å². The van der Waals surface area contributed by atoms with Crippen LogP contribution < -0.4 is 24.8 Å². The molecule has 0 bridgehead atoms. The van der Waals surface area contributed by atoms with Crippen molar-refractivity contribution in [2.24, 2.45) is 5.92 Å². The van der Waals surface area contributed by atoms with E-state index in [0.29, 0.717) is 22.4 Å². The molecule has 1 aromatic heterocycles. The Morgan fingerprint density at radius 2 is 1.70 bits per heavy atom. The minimum absolute atomic E-state index is 0.129. The van der Waals surface area contributed by atoms with Crippen LogP contribution in [0.5, 0.6) is 17.2 Å². The second-order valence-electron chi connectivity index (χ2n) is 5.94. The predicted molar refractivity (Wildman–Crippen MR) is 103 cm³/mol. The summed E-state index contributed by atoms with van der Waals surface area (Å²) in [6.45, 7) is 3.70. The number of amides is 2. The van der Waals surface area contributed by atoms with E-state index in [-0.39, 0.29) is 17.4 Å². The van der Waals surface area contributed by atoms with Gasteiger partial charge in [0.15, 0.2) is 16.6 Å². The molecule has 0 radical (unpaired) electrons. The molecule has 0 saturated carbocycles. The van der Waals surface area contributed by atoms with E-state index in [9.17, 15) is 9.59 Å². The van der Waals surface area contributed by atoms with Gasteiger partial charge in [0, 0.05) is 17.1 Å². The van der Waals surface area contributed by atoms with Crippen molar-refractivity contribution in [2.45, 2.75) is 19.9 Å². The molecular weight excluding hydrogens is 370 g/mol. The summed E-state index contributed by atoms with van der Waals surface area (Å²) >= 11 is 1.31. The van der Waals surface area contributed by atoms with E-state index in [0.717, 1.165) is 0 Å². The summed E-state index contributed by atoms with van der Waals surface area (Å²) in [5.41, 5.74) is 0.289. The molecule has 1 aromatic carbocycles. The average molecular weight is 393 g/mol. The molecule has 0 aliphatic heterocycles. The molecule has 0 spiro atoms. The first-order valence-corrected chi connectivity index (χ1v) is 9.10. The number of rotatable bonds is 8. The molecule has 2 aromatic rings. The van der Waals surface area contributed by atoms with Crippen LogP contribution >= 0.6 is 11.3 Å². The summed E-state index contributed by atoms with van der Waals surface area (Å²) in [6, 6.07) is 2.33. The van der Waals surface area contributed by atoms with Crippen molar-refractivity contribution in [1.82, 2.24) is 10.3 Å². The third-order valence-electron chi connectivity index (χ3n) is 3.83. The van der Waals surface area contributed by atoms with Crippen LogP contribution in [0.15, 0.2) is 23.7 Å². The van der Waals surface area contributed by atoms with E-state index in [4.69, 9.17) is 14.2 Å². The molecule has 8 nitrogen and oxygen atoms in total.